The van der Waals surface area contributed by atoms with Crippen LogP contribution in [0.1, 0.15) is 48.8 Å². The molecule has 230 valence electrons. The van der Waals surface area contributed by atoms with Gasteiger partial charge in [-0.25, -0.2) is 8.42 Å². The van der Waals surface area contributed by atoms with Crippen molar-refractivity contribution in [3.05, 3.63) is 98.5 Å². The van der Waals surface area contributed by atoms with E-state index in [0.717, 1.165) is 48.2 Å². The van der Waals surface area contributed by atoms with Crippen molar-refractivity contribution in [1.29, 1.82) is 0 Å². The quantitative estimate of drug-likeness (QED) is 0.244. The lowest BCUT2D eigenvalue weighted by atomic mass is 9.94. The molecule has 0 saturated heterocycles. The molecule has 3 aromatic rings. The van der Waals surface area contributed by atoms with Crippen LogP contribution in [0.3, 0.4) is 0 Å². The third kappa shape index (κ3) is 9.11. The van der Waals surface area contributed by atoms with Gasteiger partial charge in [0.2, 0.25) is 21.8 Å². The first kappa shape index (κ1) is 33.1. The maximum Gasteiger partial charge on any atom is 0.244 e. The van der Waals surface area contributed by atoms with E-state index in [9.17, 15) is 18.0 Å². The Balaban J connectivity index is 1.76. The molecule has 0 heterocycles. The van der Waals surface area contributed by atoms with Crippen LogP contribution in [0, 0.1) is 6.92 Å². The largest absolute Gasteiger partial charge is 0.352 e. The lowest BCUT2D eigenvalue weighted by Crippen LogP contribution is -2.55. The molecule has 0 bridgehead atoms. The second kappa shape index (κ2) is 14.8. The zero-order valence-electron chi connectivity index (χ0n) is 24.2. The molecule has 0 aromatic heterocycles. The summed E-state index contributed by atoms with van der Waals surface area (Å²) in [4.78, 5) is 29.8. The van der Waals surface area contributed by atoms with Crippen molar-refractivity contribution in [2.75, 3.05) is 17.1 Å². The standard InChI is InChI=1S/C32H36Cl3N3O4S/c1-22-17-25(33)15-16-29(22)38(43(2,41)42)21-31(39)37(20-24-13-14-26(34)19-28(24)35)30(18-23-9-5-3-6-10-23)32(40)36-27-11-7-4-8-12-27/h3,5-6,9-10,13-17,19,27,30H,4,7-8,11-12,18,20-21H2,1-2H3,(H,36,40)/t30-/m1/s1. The van der Waals surface area contributed by atoms with E-state index >= 15 is 0 Å². The van der Waals surface area contributed by atoms with Crippen LogP contribution >= 0.6 is 34.8 Å². The van der Waals surface area contributed by atoms with Gasteiger partial charge in [-0.3, -0.25) is 13.9 Å². The number of amides is 2. The number of aryl methyl sites for hydroxylation is 1. The van der Waals surface area contributed by atoms with Gasteiger partial charge in [0.05, 0.1) is 11.9 Å². The van der Waals surface area contributed by atoms with Gasteiger partial charge < -0.3 is 10.2 Å². The smallest absolute Gasteiger partial charge is 0.244 e. The first-order valence-electron chi connectivity index (χ1n) is 14.2. The molecular weight excluding hydrogens is 629 g/mol. The van der Waals surface area contributed by atoms with Gasteiger partial charge in [0, 0.05) is 34.1 Å². The van der Waals surface area contributed by atoms with Crippen LogP contribution in [-0.2, 0) is 32.6 Å². The highest BCUT2D eigenvalue weighted by atomic mass is 35.5. The molecular formula is C32H36Cl3N3O4S. The molecule has 43 heavy (non-hydrogen) atoms. The molecule has 0 spiro atoms. The van der Waals surface area contributed by atoms with Crippen LogP contribution in [0.2, 0.25) is 15.1 Å². The Morgan fingerprint density at radius 2 is 1.58 bits per heavy atom. The van der Waals surface area contributed by atoms with Crippen molar-refractivity contribution < 1.29 is 18.0 Å². The number of anilines is 1. The van der Waals surface area contributed by atoms with Gasteiger partial charge in [0.15, 0.2) is 0 Å². The topological polar surface area (TPSA) is 86.8 Å². The van der Waals surface area contributed by atoms with Gasteiger partial charge in [-0.05, 0) is 66.8 Å². The van der Waals surface area contributed by atoms with Crippen molar-refractivity contribution in [3.63, 3.8) is 0 Å². The third-order valence-corrected chi connectivity index (χ3v) is 9.63. The highest BCUT2D eigenvalue weighted by Gasteiger charge is 2.34. The first-order chi connectivity index (χ1) is 20.4. The monoisotopic (exact) mass is 663 g/mol. The van der Waals surface area contributed by atoms with E-state index < -0.39 is 28.5 Å². The second-order valence-electron chi connectivity index (χ2n) is 11.0. The highest BCUT2D eigenvalue weighted by Crippen LogP contribution is 2.28. The molecule has 2 amide bonds. The normalized spacial score (nSPS) is 14.6. The lowest BCUT2D eigenvalue weighted by molar-refractivity contribution is -0.140. The first-order valence-corrected chi connectivity index (χ1v) is 17.2. The number of nitrogens with one attached hydrogen (secondary N) is 1. The molecule has 7 nitrogen and oxygen atoms in total. The Labute approximate surface area is 269 Å². The number of rotatable bonds is 11. The molecule has 11 heteroatoms. The van der Waals surface area contributed by atoms with Crippen molar-refractivity contribution in [2.24, 2.45) is 0 Å². The number of hydrogen-bond acceptors (Lipinski definition) is 4. The van der Waals surface area contributed by atoms with Crippen LogP contribution in [-0.4, -0.2) is 50.0 Å². The van der Waals surface area contributed by atoms with Gasteiger partial charge in [-0.2, -0.15) is 0 Å². The van der Waals surface area contributed by atoms with Crippen molar-refractivity contribution in [3.8, 4) is 0 Å². The molecule has 0 radical (unpaired) electrons. The minimum atomic E-state index is -3.90. The number of hydrogen-bond donors (Lipinski definition) is 1. The van der Waals surface area contributed by atoms with Crippen molar-refractivity contribution in [2.45, 2.75) is 64.1 Å². The summed E-state index contributed by atoms with van der Waals surface area (Å²) in [7, 11) is -3.90. The fourth-order valence-electron chi connectivity index (χ4n) is 5.43. The molecule has 4 rings (SSSR count). The summed E-state index contributed by atoms with van der Waals surface area (Å²) in [6.07, 6.45) is 6.21. The predicted octanol–water partition coefficient (Wildman–Crippen LogP) is 6.81. The summed E-state index contributed by atoms with van der Waals surface area (Å²) in [5.74, 6) is -0.840. The van der Waals surface area contributed by atoms with Crippen molar-refractivity contribution in [1.82, 2.24) is 10.2 Å². The average Bonchev–Trinajstić information content (AvgIpc) is 2.95. The molecule has 1 atom stereocenters. The van der Waals surface area contributed by atoms with Gasteiger partial charge in [-0.1, -0.05) is 90.5 Å². The van der Waals surface area contributed by atoms with E-state index in [2.05, 4.69) is 5.32 Å². The number of sulfonamides is 1. The Bertz CT molecular complexity index is 1550. The van der Waals surface area contributed by atoms with E-state index in [1.54, 1.807) is 43.3 Å². The summed E-state index contributed by atoms with van der Waals surface area (Å²) >= 11 is 18.8. The fourth-order valence-corrected chi connectivity index (χ4v) is 7.03. The van der Waals surface area contributed by atoms with Crippen molar-refractivity contribution >= 4 is 62.3 Å². The molecule has 1 aliphatic carbocycles. The van der Waals surface area contributed by atoms with E-state index in [4.69, 9.17) is 34.8 Å². The molecule has 0 unspecified atom stereocenters. The maximum absolute atomic E-state index is 14.3. The lowest BCUT2D eigenvalue weighted by Gasteiger charge is -2.35. The fraction of sp³-hybridized carbons (Fsp3) is 0.375. The minimum absolute atomic E-state index is 0.0137. The summed E-state index contributed by atoms with van der Waals surface area (Å²) in [6.45, 7) is 1.18. The number of benzene rings is 3. The van der Waals surface area contributed by atoms with E-state index in [1.165, 1.54) is 4.90 Å². The number of carbonyl (C=O) groups is 2. The van der Waals surface area contributed by atoms with Gasteiger partial charge >= 0.3 is 0 Å². The molecule has 0 aliphatic heterocycles. The predicted molar refractivity (Wildman–Crippen MR) is 174 cm³/mol. The van der Waals surface area contributed by atoms with Crippen LogP contribution < -0.4 is 9.62 Å². The summed E-state index contributed by atoms with van der Waals surface area (Å²) in [6, 6.07) is 18.3. The summed E-state index contributed by atoms with van der Waals surface area (Å²) in [5, 5.41) is 4.40. The molecule has 1 N–H and O–H groups in total. The maximum atomic E-state index is 14.3. The Kier molecular flexibility index (Phi) is 11.4. The zero-order valence-corrected chi connectivity index (χ0v) is 27.3. The van der Waals surface area contributed by atoms with Crippen LogP contribution in [0.15, 0.2) is 66.7 Å². The zero-order chi connectivity index (χ0) is 31.1. The molecule has 1 fully saturated rings. The minimum Gasteiger partial charge on any atom is -0.352 e. The van der Waals surface area contributed by atoms with Gasteiger partial charge in [0.1, 0.15) is 12.6 Å². The summed E-state index contributed by atoms with van der Waals surface area (Å²) < 4.78 is 27.1. The number of carbonyl (C=O) groups excluding carboxylic acids is 2. The Hall–Kier alpha value is -2.78. The van der Waals surface area contributed by atoms with Gasteiger partial charge in [-0.15, -0.1) is 0 Å². The van der Waals surface area contributed by atoms with Crippen LogP contribution in [0.25, 0.3) is 0 Å². The number of nitrogens with zero attached hydrogens (tertiary/aromatic N) is 2. The van der Waals surface area contributed by atoms with Gasteiger partial charge in [0.25, 0.3) is 0 Å². The molecule has 1 aliphatic rings. The summed E-state index contributed by atoms with van der Waals surface area (Å²) in [5.41, 5.74) is 2.36. The third-order valence-electron chi connectivity index (χ3n) is 7.69. The molecule has 3 aromatic carbocycles. The van der Waals surface area contributed by atoms with E-state index in [1.807, 2.05) is 30.3 Å². The SMILES string of the molecule is Cc1cc(Cl)ccc1N(CC(=O)N(Cc1ccc(Cl)cc1Cl)[C@H](Cc1ccccc1)C(=O)NC1CCCCC1)S(C)(=O)=O. The average molecular weight is 665 g/mol. The highest BCUT2D eigenvalue weighted by molar-refractivity contribution is 7.92. The molecule has 1 saturated carbocycles. The number of halogens is 3. The van der Waals surface area contributed by atoms with E-state index in [-0.39, 0.29) is 24.9 Å². The Morgan fingerprint density at radius 3 is 2.21 bits per heavy atom. The Morgan fingerprint density at radius 1 is 0.930 bits per heavy atom. The van der Waals surface area contributed by atoms with E-state index in [0.29, 0.717) is 31.9 Å². The second-order valence-corrected chi connectivity index (χ2v) is 14.2. The van der Waals surface area contributed by atoms with Crippen LogP contribution in [0.5, 0.6) is 0 Å². The van der Waals surface area contributed by atoms with Crippen LogP contribution in [0.4, 0.5) is 5.69 Å².